The Bertz CT molecular complexity index is 1910. The van der Waals surface area contributed by atoms with E-state index < -0.39 is 0 Å². The van der Waals surface area contributed by atoms with E-state index in [1.54, 1.807) is 0 Å². The number of carbonyl (C=O) groups is 2. The quantitative estimate of drug-likeness (QED) is 0.165. The van der Waals surface area contributed by atoms with E-state index in [1.807, 2.05) is 111 Å². The van der Waals surface area contributed by atoms with Crippen molar-refractivity contribution in [3.8, 4) is 22.5 Å². The Morgan fingerprint density at radius 1 is 0.578 bits per heavy atom. The second-order valence-electron chi connectivity index (χ2n) is 10.8. The molecule has 6 nitrogen and oxygen atoms in total. The number of halogens is 2. The maximum absolute atomic E-state index is 13.6. The summed E-state index contributed by atoms with van der Waals surface area (Å²) in [5.74, 6) is -0.368. The van der Waals surface area contributed by atoms with Gasteiger partial charge in [0.1, 0.15) is 0 Å². The van der Waals surface area contributed by atoms with Gasteiger partial charge in [0.15, 0.2) is 0 Å². The summed E-state index contributed by atoms with van der Waals surface area (Å²) in [6.45, 7) is 4.60. The first-order valence-electron chi connectivity index (χ1n) is 14.7. The maximum Gasteiger partial charge on any atom is 0.252 e. The summed E-state index contributed by atoms with van der Waals surface area (Å²) >= 11 is 12.2. The zero-order valence-corrected chi connectivity index (χ0v) is 26.3. The van der Waals surface area contributed by atoms with Gasteiger partial charge in [0, 0.05) is 45.0 Å². The molecule has 224 valence electrons. The predicted octanol–water partition coefficient (Wildman–Crippen LogP) is 8.59. The molecule has 2 aromatic heterocycles. The standard InChI is InChI=1S/C37H30Cl2N4O2/c1-22-32(28-8-3-5-10-30(28)42-34(22)24-12-16-26(38)17-13-24)36(44)40-20-7-21-41-37(45)33-23(2)35(25-14-18-27(39)19-15-25)43-31-11-6-4-9-29(31)33/h3-6,8-19H,7,20-21H2,1-2H3,(H,40,44)(H,41,45). The predicted molar refractivity (Wildman–Crippen MR) is 183 cm³/mol. The second-order valence-corrected chi connectivity index (χ2v) is 11.7. The SMILES string of the molecule is Cc1c(-c2ccc(Cl)cc2)nc2ccccc2c1C(=O)NCCCNC(=O)c1c(C)c(-c2ccc(Cl)cc2)nc2ccccc12. The molecule has 0 atom stereocenters. The van der Waals surface area contributed by atoms with Crippen LogP contribution in [-0.2, 0) is 0 Å². The number of rotatable bonds is 8. The summed E-state index contributed by atoms with van der Waals surface area (Å²) in [6, 6.07) is 30.1. The maximum atomic E-state index is 13.6. The topological polar surface area (TPSA) is 84.0 Å². The molecule has 2 heterocycles. The molecular weight excluding hydrogens is 603 g/mol. The molecule has 0 bridgehead atoms. The fourth-order valence-electron chi connectivity index (χ4n) is 5.65. The molecule has 4 aromatic carbocycles. The molecule has 0 unspecified atom stereocenters. The van der Waals surface area contributed by atoms with E-state index in [1.165, 1.54) is 0 Å². The summed E-state index contributed by atoms with van der Waals surface area (Å²) in [7, 11) is 0. The molecular formula is C37H30Cl2N4O2. The van der Waals surface area contributed by atoms with Crippen molar-refractivity contribution in [1.29, 1.82) is 0 Å². The minimum Gasteiger partial charge on any atom is -0.352 e. The summed E-state index contributed by atoms with van der Waals surface area (Å²) in [5, 5.41) is 8.94. The van der Waals surface area contributed by atoms with Crippen LogP contribution >= 0.6 is 23.2 Å². The number of aromatic nitrogens is 2. The Labute approximate surface area is 271 Å². The Morgan fingerprint density at radius 3 is 1.36 bits per heavy atom. The molecule has 8 heteroatoms. The van der Waals surface area contributed by atoms with E-state index in [9.17, 15) is 9.59 Å². The van der Waals surface area contributed by atoms with Crippen LogP contribution in [0.25, 0.3) is 44.3 Å². The van der Waals surface area contributed by atoms with Crippen LogP contribution in [0, 0.1) is 13.8 Å². The van der Waals surface area contributed by atoms with Gasteiger partial charge in [-0.25, -0.2) is 9.97 Å². The first-order valence-corrected chi connectivity index (χ1v) is 15.4. The Kier molecular flexibility index (Phi) is 8.78. The molecule has 0 aliphatic carbocycles. The molecule has 45 heavy (non-hydrogen) atoms. The van der Waals surface area contributed by atoms with Gasteiger partial charge in [0.05, 0.1) is 33.5 Å². The molecule has 0 radical (unpaired) electrons. The van der Waals surface area contributed by atoms with Crippen LogP contribution < -0.4 is 10.6 Å². The lowest BCUT2D eigenvalue weighted by Gasteiger charge is -2.16. The number of amides is 2. The van der Waals surface area contributed by atoms with E-state index in [0.29, 0.717) is 40.7 Å². The second kappa shape index (κ2) is 13.1. The van der Waals surface area contributed by atoms with Crippen molar-refractivity contribution in [3.63, 3.8) is 0 Å². The van der Waals surface area contributed by atoms with Crippen LogP contribution in [0.2, 0.25) is 10.0 Å². The number of hydrogen-bond donors (Lipinski definition) is 2. The van der Waals surface area contributed by atoms with Crippen molar-refractivity contribution in [1.82, 2.24) is 20.6 Å². The molecule has 0 saturated carbocycles. The number of nitrogens with zero attached hydrogens (tertiary/aromatic N) is 2. The Hall–Kier alpha value is -4.78. The lowest BCUT2D eigenvalue weighted by molar-refractivity contribution is 0.0953. The number of fused-ring (bicyclic) bond motifs is 2. The highest BCUT2D eigenvalue weighted by Crippen LogP contribution is 2.32. The lowest BCUT2D eigenvalue weighted by Crippen LogP contribution is -2.31. The number of nitrogens with one attached hydrogen (secondary N) is 2. The monoisotopic (exact) mass is 632 g/mol. The van der Waals surface area contributed by atoms with Crippen LogP contribution in [0.4, 0.5) is 0 Å². The molecule has 2 amide bonds. The average molecular weight is 634 g/mol. The third-order valence-corrected chi connectivity index (χ3v) is 8.39. The zero-order chi connectivity index (χ0) is 31.5. The number of carbonyl (C=O) groups excluding carboxylic acids is 2. The average Bonchev–Trinajstić information content (AvgIpc) is 3.04. The lowest BCUT2D eigenvalue weighted by atomic mass is 9.97. The molecule has 0 spiro atoms. The first-order chi connectivity index (χ1) is 21.8. The van der Waals surface area contributed by atoms with Crippen molar-refractivity contribution in [2.45, 2.75) is 20.3 Å². The highest BCUT2D eigenvalue weighted by atomic mass is 35.5. The summed E-state index contributed by atoms with van der Waals surface area (Å²) in [6.07, 6.45) is 0.551. The molecule has 2 N–H and O–H groups in total. The van der Waals surface area contributed by atoms with Gasteiger partial charge in [-0.3, -0.25) is 9.59 Å². The first kappa shape index (κ1) is 30.3. The highest BCUT2D eigenvalue weighted by Gasteiger charge is 2.20. The van der Waals surface area contributed by atoms with Crippen LogP contribution in [0.15, 0.2) is 97.1 Å². The number of hydrogen-bond acceptors (Lipinski definition) is 4. The minimum atomic E-state index is -0.184. The van der Waals surface area contributed by atoms with Gasteiger partial charge in [0.25, 0.3) is 11.8 Å². The minimum absolute atomic E-state index is 0.184. The van der Waals surface area contributed by atoms with Crippen molar-refractivity contribution in [3.05, 3.63) is 129 Å². The van der Waals surface area contributed by atoms with Crippen molar-refractivity contribution in [2.24, 2.45) is 0 Å². The van der Waals surface area contributed by atoms with Crippen LogP contribution in [0.5, 0.6) is 0 Å². The van der Waals surface area contributed by atoms with E-state index in [0.717, 1.165) is 55.4 Å². The fraction of sp³-hybridized carbons (Fsp3) is 0.135. The molecule has 0 saturated heterocycles. The van der Waals surface area contributed by atoms with Gasteiger partial charge in [-0.05, 0) is 67.8 Å². The van der Waals surface area contributed by atoms with E-state index in [4.69, 9.17) is 33.2 Å². The largest absolute Gasteiger partial charge is 0.352 e. The number of para-hydroxylation sites is 2. The van der Waals surface area contributed by atoms with E-state index >= 15 is 0 Å². The molecule has 6 rings (SSSR count). The van der Waals surface area contributed by atoms with Crippen molar-refractivity contribution in [2.75, 3.05) is 13.1 Å². The molecule has 0 fully saturated rings. The molecule has 0 aliphatic heterocycles. The third-order valence-electron chi connectivity index (χ3n) is 7.89. The zero-order valence-electron chi connectivity index (χ0n) is 24.8. The van der Waals surface area contributed by atoms with E-state index in [2.05, 4.69) is 10.6 Å². The van der Waals surface area contributed by atoms with Crippen molar-refractivity contribution >= 4 is 56.8 Å². The van der Waals surface area contributed by atoms with Crippen LogP contribution in [-0.4, -0.2) is 34.9 Å². The Balaban J connectivity index is 1.17. The Morgan fingerprint density at radius 2 is 0.956 bits per heavy atom. The van der Waals surface area contributed by atoms with Crippen LogP contribution in [0.3, 0.4) is 0 Å². The summed E-state index contributed by atoms with van der Waals surface area (Å²) in [5.41, 5.74) is 7.48. The van der Waals surface area contributed by atoms with Gasteiger partial charge < -0.3 is 10.6 Å². The van der Waals surface area contributed by atoms with Gasteiger partial charge in [-0.2, -0.15) is 0 Å². The molecule has 6 aromatic rings. The number of benzene rings is 4. The third kappa shape index (κ3) is 6.25. The van der Waals surface area contributed by atoms with Crippen LogP contribution in [0.1, 0.15) is 38.3 Å². The van der Waals surface area contributed by atoms with Gasteiger partial charge >= 0.3 is 0 Å². The normalized spacial score (nSPS) is 11.1. The fourth-order valence-corrected chi connectivity index (χ4v) is 5.90. The van der Waals surface area contributed by atoms with Gasteiger partial charge in [0.2, 0.25) is 0 Å². The number of pyridine rings is 2. The molecule has 0 aliphatic rings. The van der Waals surface area contributed by atoms with Crippen molar-refractivity contribution < 1.29 is 9.59 Å². The highest BCUT2D eigenvalue weighted by molar-refractivity contribution is 6.31. The summed E-state index contributed by atoms with van der Waals surface area (Å²) in [4.78, 5) is 36.8. The van der Waals surface area contributed by atoms with E-state index in [-0.39, 0.29) is 11.8 Å². The van der Waals surface area contributed by atoms with Gasteiger partial charge in [-0.15, -0.1) is 0 Å². The smallest absolute Gasteiger partial charge is 0.252 e. The van der Waals surface area contributed by atoms with Gasteiger partial charge in [-0.1, -0.05) is 83.9 Å². The summed E-state index contributed by atoms with van der Waals surface area (Å²) < 4.78 is 0.